The number of urea groups is 1. The number of aliphatic hydroxyl groups excluding tert-OH is 1. The quantitative estimate of drug-likeness (QED) is 0.453. The number of unbranched alkanes of at least 4 members (excludes halogenated alkanes) is 6. The first-order valence-corrected chi connectivity index (χ1v) is 8.40. The van der Waals surface area contributed by atoms with E-state index in [1.807, 2.05) is 6.92 Å². The van der Waals surface area contributed by atoms with E-state index in [0.29, 0.717) is 6.54 Å². The fourth-order valence-electron chi connectivity index (χ4n) is 2.09. The Bertz CT molecular complexity index is 223. The number of amides is 2. The summed E-state index contributed by atoms with van der Waals surface area (Å²) in [5.41, 5.74) is 0. The molecule has 1 unspecified atom stereocenters. The third-order valence-corrected chi connectivity index (χ3v) is 3.54. The zero-order valence-corrected chi connectivity index (χ0v) is 13.4. The minimum atomic E-state index is -0.229. The molecule has 0 aliphatic rings. The molecule has 0 bridgehead atoms. The summed E-state index contributed by atoms with van der Waals surface area (Å²) in [7, 11) is 0. The number of hydrogen-bond donors (Lipinski definition) is 3. The predicted octanol–water partition coefficient (Wildman–Crippen LogP) is 3.59. The summed E-state index contributed by atoms with van der Waals surface area (Å²) in [6.07, 6.45) is 11.0. The zero-order valence-electron chi connectivity index (χ0n) is 13.4. The Morgan fingerprint density at radius 3 is 2.05 bits per heavy atom. The Morgan fingerprint density at radius 2 is 1.45 bits per heavy atom. The Morgan fingerprint density at radius 1 is 0.900 bits per heavy atom. The monoisotopic (exact) mass is 286 g/mol. The van der Waals surface area contributed by atoms with E-state index in [1.165, 1.54) is 38.5 Å². The van der Waals surface area contributed by atoms with E-state index in [0.717, 1.165) is 32.2 Å². The summed E-state index contributed by atoms with van der Waals surface area (Å²) in [5, 5.41) is 15.1. The highest BCUT2D eigenvalue weighted by Crippen LogP contribution is 2.06. The third kappa shape index (κ3) is 13.7. The van der Waals surface area contributed by atoms with Crippen LogP contribution in [0.1, 0.15) is 78.1 Å². The van der Waals surface area contributed by atoms with Crippen molar-refractivity contribution in [3.8, 4) is 0 Å². The molecule has 0 aliphatic heterocycles. The molecule has 0 radical (unpaired) electrons. The van der Waals surface area contributed by atoms with Gasteiger partial charge in [-0.3, -0.25) is 0 Å². The van der Waals surface area contributed by atoms with E-state index in [2.05, 4.69) is 17.6 Å². The number of nitrogens with one attached hydrogen (secondary N) is 2. The van der Waals surface area contributed by atoms with E-state index in [4.69, 9.17) is 0 Å². The van der Waals surface area contributed by atoms with Gasteiger partial charge >= 0.3 is 6.03 Å². The maximum absolute atomic E-state index is 11.4. The van der Waals surface area contributed by atoms with Crippen molar-refractivity contribution in [1.82, 2.24) is 10.6 Å². The van der Waals surface area contributed by atoms with Gasteiger partial charge in [0.2, 0.25) is 0 Å². The molecule has 0 aromatic heterocycles. The molecular formula is C16H34N2O2. The first-order chi connectivity index (χ1) is 9.70. The summed E-state index contributed by atoms with van der Waals surface area (Å²) in [6, 6.07) is -0.0815. The molecule has 0 saturated heterocycles. The third-order valence-electron chi connectivity index (χ3n) is 3.54. The van der Waals surface area contributed by atoms with Gasteiger partial charge in [0.25, 0.3) is 0 Å². The average molecular weight is 286 g/mol. The average Bonchev–Trinajstić information content (AvgIpc) is 2.46. The molecule has 0 aliphatic carbocycles. The highest BCUT2D eigenvalue weighted by Gasteiger charge is 2.02. The van der Waals surface area contributed by atoms with Crippen LogP contribution in [0.25, 0.3) is 0 Å². The number of aliphatic hydroxyl groups is 1. The zero-order chi connectivity index (χ0) is 15.1. The molecule has 2 amide bonds. The number of carbonyl (C=O) groups excluding carboxylic acids is 1. The van der Waals surface area contributed by atoms with Crippen molar-refractivity contribution in [2.24, 2.45) is 0 Å². The van der Waals surface area contributed by atoms with Crippen LogP contribution in [0.3, 0.4) is 0 Å². The van der Waals surface area contributed by atoms with Crippen LogP contribution in [0.4, 0.5) is 4.79 Å². The van der Waals surface area contributed by atoms with Crippen molar-refractivity contribution < 1.29 is 9.90 Å². The maximum Gasteiger partial charge on any atom is 0.314 e. The highest BCUT2D eigenvalue weighted by molar-refractivity contribution is 5.73. The second-order valence-electron chi connectivity index (χ2n) is 5.51. The standard InChI is InChI=1S/C16H34N2O2/c1-3-5-6-7-8-9-10-13-17-16(20)18-14-11-12-15(19)4-2/h15,19H,3-14H2,1-2H3,(H2,17,18,20). The molecule has 20 heavy (non-hydrogen) atoms. The number of carbonyl (C=O) groups is 1. The van der Waals surface area contributed by atoms with E-state index in [-0.39, 0.29) is 12.1 Å². The van der Waals surface area contributed by atoms with Gasteiger partial charge in [-0.05, 0) is 25.7 Å². The van der Waals surface area contributed by atoms with E-state index in [9.17, 15) is 9.90 Å². The van der Waals surface area contributed by atoms with Gasteiger partial charge in [0.1, 0.15) is 0 Å². The van der Waals surface area contributed by atoms with Gasteiger partial charge in [0.15, 0.2) is 0 Å². The van der Waals surface area contributed by atoms with Crippen molar-refractivity contribution in [1.29, 1.82) is 0 Å². The first kappa shape index (κ1) is 19.2. The van der Waals surface area contributed by atoms with Crippen molar-refractivity contribution in [3.63, 3.8) is 0 Å². The Hall–Kier alpha value is -0.770. The van der Waals surface area contributed by atoms with Gasteiger partial charge in [-0.1, -0.05) is 52.4 Å². The number of hydrogen-bond acceptors (Lipinski definition) is 2. The molecule has 0 aromatic carbocycles. The molecule has 4 nitrogen and oxygen atoms in total. The Kier molecular flexibility index (Phi) is 14.1. The van der Waals surface area contributed by atoms with Crippen molar-refractivity contribution in [2.45, 2.75) is 84.2 Å². The molecule has 0 saturated carbocycles. The lowest BCUT2D eigenvalue weighted by atomic mass is 10.1. The van der Waals surface area contributed by atoms with Crippen LogP contribution in [0, 0.1) is 0 Å². The minimum Gasteiger partial charge on any atom is -0.393 e. The summed E-state index contributed by atoms with van der Waals surface area (Å²) in [4.78, 5) is 11.4. The van der Waals surface area contributed by atoms with Crippen LogP contribution in [-0.4, -0.2) is 30.3 Å². The SMILES string of the molecule is CCCCCCCCCNC(=O)NCCCC(O)CC. The maximum atomic E-state index is 11.4. The minimum absolute atomic E-state index is 0.0815. The molecule has 0 spiro atoms. The molecule has 1 atom stereocenters. The van der Waals surface area contributed by atoms with Crippen molar-refractivity contribution in [3.05, 3.63) is 0 Å². The van der Waals surface area contributed by atoms with Gasteiger partial charge in [0, 0.05) is 13.1 Å². The van der Waals surface area contributed by atoms with Gasteiger partial charge in [0.05, 0.1) is 6.10 Å². The fourth-order valence-corrected chi connectivity index (χ4v) is 2.09. The summed E-state index contributed by atoms with van der Waals surface area (Å²) in [6.45, 7) is 5.59. The van der Waals surface area contributed by atoms with Gasteiger partial charge < -0.3 is 15.7 Å². The molecule has 0 fully saturated rings. The second kappa shape index (κ2) is 14.6. The van der Waals surface area contributed by atoms with E-state index >= 15 is 0 Å². The lowest BCUT2D eigenvalue weighted by Gasteiger charge is -2.09. The lowest BCUT2D eigenvalue weighted by Crippen LogP contribution is -2.36. The van der Waals surface area contributed by atoms with Gasteiger partial charge in [-0.15, -0.1) is 0 Å². The van der Waals surface area contributed by atoms with Crippen LogP contribution in [0.15, 0.2) is 0 Å². The van der Waals surface area contributed by atoms with Crippen LogP contribution in [-0.2, 0) is 0 Å². The smallest absolute Gasteiger partial charge is 0.314 e. The largest absolute Gasteiger partial charge is 0.393 e. The molecule has 0 heterocycles. The van der Waals surface area contributed by atoms with Gasteiger partial charge in [-0.2, -0.15) is 0 Å². The summed E-state index contributed by atoms with van der Waals surface area (Å²) in [5.74, 6) is 0. The lowest BCUT2D eigenvalue weighted by molar-refractivity contribution is 0.157. The van der Waals surface area contributed by atoms with Crippen LogP contribution < -0.4 is 10.6 Å². The van der Waals surface area contributed by atoms with Crippen LogP contribution >= 0.6 is 0 Å². The van der Waals surface area contributed by atoms with E-state index in [1.54, 1.807) is 0 Å². The van der Waals surface area contributed by atoms with Crippen LogP contribution in [0.5, 0.6) is 0 Å². The molecule has 120 valence electrons. The normalized spacial score (nSPS) is 12.2. The van der Waals surface area contributed by atoms with Crippen molar-refractivity contribution in [2.75, 3.05) is 13.1 Å². The second-order valence-corrected chi connectivity index (χ2v) is 5.51. The van der Waals surface area contributed by atoms with Crippen LogP contribution in [0.2, 0.25) is 0 Å². The molecule has 0 aromatic rings. The fraction of sp³-hybridized carbons (Fsp3) is 0.938. The summed E-state index contributed by atoms with van der Waals surface area (Å²) >= 11 is 0. The van der Waals surface area contributed by atoms with Crippen molar-refractivity contribution >= 4 is 6.03 Å². The van der Waals surface area contributed by atoms with Gasteiger partial charge in [-0.25, -0.2) is 4.79 Å². The molecule has 0 rings (SSSR count). The first-order valence-electron chi connectivity index (χ1n) is 8.40. The molecular weight excluding hydrogens is 252 g/mol. The Labute approximate surface area is 124 Å². The number of rotatable bonds is 13. The predicted molar refractivity (Wildman–Crippen MR) is 84.9 cm³/mol. The highest BCUT2D eigenvalue weighted by atomic mass is 16.3. The molecule has 3 N–H and O–H groups in total. The van der Waals surface area contributed by atoms with E-state index < -0.39 is 0 Å². The summed E-state index contributed by atoms with van der Waals surface area (Å²) < 4.78 is 0. The topological polar surface area (TPSA) is 61.4 Å². The Balaban J connectivity index is 3.20. The molecule has 4 heteroatoms.